The van der Waals surface area contributed by atoms with E-state index in [1.165, 1.54) is 6.07 Å². The van der Waals surface area contributed by atoms with E-state index in [1.54, 1.807) is 24.3 Å². The first-order valence-electron chi connectivity index (χ1n) is 6.74. The van der Waals surface area contributed by atoms with Gasteiger partial charge in [-0.15, -0.1) is 0 Å². The predicted molar refractivity (Wildman–Crippen MR) is 86.8 cm³/mol. The molecule has 22 heavy (non-hydrogen) atoms. The van der Waals surface area contributed by atoms with Gasteiger partial charge in [0.1, 0.15) is 12.4 Å². The highest BCUT2D eigenvalue weighted by Crippen LogP contribution is 2.20. The Hall–Kier alpha value is -2.46. The fourth-order valence-corrected chi connectivity index (χ4v) is 2.04. The first-order chi connectivity index (χ1) is 10.6. The molecule has 2 aromatic carbocycles. The highest BCUT2D eigenvalue weighted by atomic mass is 35.5. The van der Waals surface area contributed by atoms with Crippen LogP contribution in [0.2, 0.25) is 5.02 Å². The quantitative estimate of drug-likeness (QED) is 0.876. The molecule has 0 aliphatic rings. The number of nitrogens with one attached hydrogen (secondary N) is 1. The molecule has 0 unspecified atom stereocenters. The van der Waals surface area contributed by atoms with Crippen molar-refractivity contribution in [1.29, 1.82) is 0 Å². The van der Waals surface area contributed by atoms with E-state index in [0.717, 1.165) is 11.1 Å². The molecular formula is C17H16ClNO3. The maximum atomic E-state index is 11.5. The lowest BCUT2D eigenvalue weighted by Gasteiger charge is -2.05. The minimum Gasteiger partial charge on any atom is -0.508 e. The third-order valence-corrected chi connectivity index (χ3v) is 3.01. The van der Waals surface area contributed by atoms with Crippen LogP contribution in [-0.4, -0.2) is 17.7 Å². The molecule has 0 bridgehead atoms. The number of phenolic OH excluding ortho intramolecular Hbond substituents is 1. The van der Waals surface area contributed by atoms with Gasteiger partial charge in [0.2, 0.25) is 0 Å². The van der Waals surface area contributed by atoms with Crippen LogP contribution in [0, 0.1) is 0 Å². The largest absolute Gasteiger partial charge is 0.508 e. The predicted octanol–water partition coefficient (Wildman–Crippen LogP) is 3.99. The summed E-state index contributed by atoms with van der Waals surface area (Å²) in [7, 11) is 0. The monoisotopic (exact) mass is 317 g/mol. The summed E-state index contributed by atoms with van der Waals surface area (Å²) in [5, 5.41) is 12.5. The molecule has 0 aliphatic heterocycles. The summed E-state index contributed by atoms with van der Waals surface area (Å²) in [6.45, 7) is 0.555. The number of amides is 1. The van der Waals surface area contributed by atoms with Crippen molar-refractivity contribution >= 4 is 23.8 Å². The van der Waals surface area contributed by atoms with Crippen molar-refractivity contribution in [2.45, 2.75) is 6.61 Å². The minimum atomic E-state index is -0.484. The first-order valence-corrected chi connectivity index (χ1v) is 7.12. The summed E-state index contributed by atoms with van der Waals surface area (Å²) in [6.07, 6.45) is 3.01. The fourth-order valence-electron chi connectivity index (χ4n) is 1.80. The molecule has 4 nitrogen and oxygen atoms in total. The van der Waals surface area contributed by atoms with Crippen molar-refractivity contribution < 1.29 is 14.6 Å². The number of carbonyl (C=O) groups is 1. The van der Waals surface area contributed by atoms with Gasteiger partial charge in [-0.2, -0.15) is 0 Å². The normalized spacial score (nSPS) is 10.6. The summed E-state index contributed by atoms with van der Waals surface area (Å²) in [4.78, 5) is 11.5. The number of hydrogen-bond acceptors (Lipinski definition) is 3. The summed E-state index contributed by atoms with van der Waals surface area (Å²) >= 11 is 5.83. The Labute approximate surface area is 134 Å². The van der Waals surface area contributed by atoms with Crippen molar-refractivity contribution in [3.05, 3.63) is 70.8 Å². The number of aromatic hydroxyl groups is 1. The summed E-state index contributed by atoms with van der Waals surface area (Å²) in [6, 6.07) is 14.2. The van der Waals surface area contributed by atoms with Gasteiger partial charge in [-0.25, -0.2) is 4.79 Å². The van der Waals surface area contributed by atoms with E-state index < -0.39 is 6.09 Å². The van der Waals surface area contributed by atoms with Crippen LogP contribution in [0.4, 0.5) is 4.79 Å². The van der Waals surface area contributed by atoms with E-state index >= 15 is 0 Å². The topological polar surface area (TPSA) is 58.6 Å². The third-order valence-electron chi connectivity index (χ3n) is 2.79. The maximum absolute atomic E-state index is 11.5. The standard InChI is InChI=1S/C17H16ClNO3/c18-15-9-14(10-16(20)11-15)7-4-8-19-17(21)22-12-13-5-2-1-3-6-13/h1-7,9-11,20H,8,12H2,(H,19,21). The lowest BCUT2D eigenvalue weighted by molar-refractivity contribution is 0.141. The Morgan fingerprint density at radius 1 is 1.23 bits per heavy atom. The number of carbonyl (C=O) groups excluding carboxylic acids is 1. The highest BCUT2D eigenvalue weighted by Gasteiger charge is 2.00. The number of phenols is 1. The molecule has 5 heteroatoms. The van der Waals surface area contributed by atoms with Crippen LogP contribution in [-0.2, 0) is 11.3 Å². The number of halogens is 1. The van der Waals surface area contributed by atoms with E-state index in [0.29, 0.717) is 11.6 Å². The molecule has 0 fully saturated rings. The summed E-state index contributed by atoms with van der Waals surface area (Å²) in [5.41, 5.74) is 1.69. The first kappa shape index (κ1) is 15.9. The molecule has 0 spiro atoms. The van der Waals surface area contributed by atoms with Gasteiger partial charge in [0, 0.05) is 11.6 Å². The SMILES string of the molecule is O=C(NCC=Cc1cc(O)cc(Cl)c1)OCc1ccccc1. The number of benzene rings is 2. The molecule has 0 saturated carbocycles. The van der Waals surface area contributed by atoms with Crippen molar-refractivity contribution in [2.24, 2.45) is 0 Å². The Balaban J connectivity index is 1.73. The van der Waals surface area contributed by atoms with Gasteiger partial charge < -0.3 is 15.2 Å². The second-order valence-electron chi connectivity index (χ2n) is 4.59. The van der Waals surface area contributed by atoms with Gasteiger partial charge in [-0.1, -0.05) is 54.1 Å². The summed E-state index contributed by atoms with van der Waals surface area (Å²) < 4.78 is 5.07. The van der Waals surface area contributed by atoms with Gasteiger partial charge in [-0.3, -0.25) is 0 Å². The van der Waals surface area contributed by atoms with Crippen molar-refractivity contribution in [2.75, 3.05) is 6.54 Å². The third kappa shape index (κ3) is 5.50. The smallest absolute Gasteiger partial charge is 0.407 e. The van der Waals surface area contributed by atoms with Crippen LogP contribution in [0.15, 0.2) is 54.6 Å². The van der Waals surface area contributed by atoms with E-state index in [-0.39, 0.29) is 12.4 Å². The lowest BCUT2D eigenvalue weighted by Crippen LogP contribution is -2.24. The molecule has 0 aliphatic carbocycles. The van der Waals surface area contributed by atoms with Gasteiger partial charge >= 0.3 is 6.09 Å². The fraction of sp³-hybridized carbons (Fsp3) is 0.118. The van der Waals surface area contributed by atoms with Crippen LogP contribution in [0.5, 0.6) is 5.75 Å². The second kappa shape index (κ2) is 8.10. The van der Waals surface area contributed by atoms with Crippen LogP contribution in [0.3, 0.4) is 0 Å². The van der Waals surface area contributed by atoms with Gasteiger partial charge in [0.05, 0.1) is 0 Å². The maximum Gasteiger partial charge on any atom is 0.407 e. The Kier molecular flexibility index (Phi) is 5.86. The zero-order valence-corrected chi connectivity index (χ0v) is 12.6. The highest BCUT2D eigenvalue weighted by molar-refractivity contribution is 6.30. The van der Waals surface area contributed by atoms with Gasteiger partial charge in [0.25, 0.3) is 0 Å². The average molecular weight is 318 g/mol. The average Bonchev–Trinajstić information content (AvgIpc) is 2.50. The van der Waals surface area contributed by atoms with Gasteiger partial charge in [-0.05, 0) is 29.3 Å². The molecule has 0 aromatic heterocycles. The molecule has 2 rings (SSSR count). The number of hydrogen-bond donors (Lipinski definition) is 2. The number of rotatable bonds is 5. The second-order valence-corrected chi connectivity index (χ2v) is 5.02. The molecule has 0 saturated heterocycles. The Morgan fingerprint density at radius 2 is 2.00 bits per heavy atom. The zero-order valence-electron chi connectivity index (χ0n) is 11.8. The summed E-state index contributed by atoms with van der Waals surface area (Å²) in [5.74, 6) is 0.0994. The van der Waals surface area contributed by atoms with E-state index in [4.69, 9.17) is 16.3 Å². The van der Waals surface area contributed by atoms with E-state index in [2.05, 4.69) is 5.32 Å². The van der Waals surface area contributed by atoms with Crippen molar-refractivity contribution in [3.8, 4) is 5.75 Å². The lowest BCUT2D eigenvalue weighted by atomic mass is 10.2. The molecular weight excluding hydrogens is 302 g/mol. The molecule has 0 heterocycles. The molecule has 2 aromatic rings. The molecule has 0 radical (unpaired) electrons. The van der Waals surface area contributed by atoms with E-state index in [9.17, 15) is 9.90 Å². The van der Waals surface area contributed by atoms with E-state index in [1.807, 2.05) is 30.3 Å². The molecule has 0 atom stereocenters. The zero-order chi connectivity index (χ0) is 15.8. The number of alkyl carbamates (subject to hydrolysis) is 1. The molecule has 114 valence electrons. The number of ether oxygens (including phenoxy) is 1. The van der Waals surface area contributed by atoms with Crippen LogP contribution in [0.25, 0.3) is 6.08 Å². The van der Waals surface area contributed by atoms with Crippen molar-refractivity contribution in [3.63, 3.8) is 0 Å². The Morgan fingerprint density at radius 3 is 2.73 bits per heavy atom. The van der Waals surface area contributed by atoms with Crippen LogP contribution in [0.1, 0.15) is 11.1 Å². The Bertz CT molecular complexity index is 636. The minimum absolute atomic E-state index is 0.0994. The van der Waals surface area contributed by atoms with Crippen molar-refractivity contribution in [1.82, 2.24) is 5.32 Å². The molecule has 2 N–H and O–H groups in total. The van der Waals surface area contributed by atoms with Crippen LogP contribution >= 0.6 is 11.6 Å². The molecule has 1 amide bonds. The van der Waals surface area contributed by atoms with Crippen LogP contribution < -0.4 is 5.32 Å². The van der Waals surface area contributed by atoms with Gasteiger partial charge in [0.15, 0.2) is 0 Å².